The summed E-state index contributed by atoms with van der Waals surface area (Å²) < 4.78 is 40.8. The van der Waals surface area contributed by atoms with E-state index in [0.29, 0.717) is 16.6 Å². The van der Waals surface area contributed by atoms with Gasteiger partial charge in [0.15, 0.2) is 0 Å². The predicted octanol–water partition coefficient (Wildman–Crippen LogP) is 3.56. The van der Waals surface area contributed by atoms with Gasteiger partial charge in [0.1, 0.15) is 11.6 Å². The van der Waals surface area contributed by atoms with Crippen LogP contribution in [0, 0.1) is 11.7 Å². The van der Waals surface area contributed by atoms with Crippen molar-refractivity contribution in [2.45, 2.75) is 13.3 Å². The van der Waals surface area contributed by atoms with E-state index >= 15 is 0 Å². The minimum absolute atomic E-state index is 0.149. The highest BCUT2D eigenvalue weighted by molar-refractivity contribution is 9.10. The predicted molar refractivity (Wildman–Crippen MR) is 73.0 cm³/mol. The molecule has 0 fully saturated rings. The Labute approximate surface area is 119 Å². The van der Waals surface area contributed by atoms with Gasteiger partial charge < -0.3 is 4.74 Å². The van der Waals surface area contributed by atoms with Gasteiger partial charge in [-0.25, -0.2) is 12.8 Å². The number of ether oxygens (including phenoxy) is 1. The lowest BCUT2D eigenvalue weighted by atomic mass is 10.1. The van der Waals surface area contributed by atoms with E-state index in [-0.39, 0.29) is 18.3 Å². The molecule has 3 nitrogen and oxygen atoms in total. The summed E-state index contributed by atoms with van der Waals surface area (Å²) in [4.78, 5) is 0. The Morgan fingerprint density at radius 2 is 2.17 bits per heavy atom. The molecule has 0 radical (unpaired) electrons. The fourth-order valence-electron chi connectivity index (χ4n) is 1.35. The van der Waals surface area contributed by atoms with Gasteiger partial charge in [-0.2, -0.15) is 0 Å². The summed E-state index contributed by atoms with van der Waals surface area (Å²) in [6.45, 7) is 2.03. The summed E-state index contributed by atoms with van der Waals surface area (Å²) in [7, 11) is 1.64. The van der Waals surface area contributed by atoms with Gasteiger partial charge in [0, 0.05) is 22.7 Å². The summed E-state index contributed by atoms with van der Waals surface area (Å²) in [6, 6.07) is 4.38. The van der Waals surface area contributed by atoms with Crippen LogP contribution in [0.15, 0.2) is 22.7 Å². The molecule has 1 aromatic carbocycles. The number of rotatable bonds is 6. The largest absolute Gasteiger partial charge is 0.493 e. The summed E-state index contributed by atoms with van der Waals surface area (Å²) in [5.41, 5.74) is 0. The number of benzene rings is 1. The fourth-order valence-corrected chi connectivity index (χ4v) is 3.02. The van der Waals surface area contributed by atoms with Crippen LogP contribution in [-0.2, 0) is 9.05 Å². The lowest BCUT2D eigenvalue weighted by molar-refractivity contribution is 0.257. The highest BCUT2D eigenvalue weighted by Crippen LogP contribution is 2.22. The highest BCUT2D eigenvalue weighted by Gasteiger charge is 2.16. The van der Waals surface area contributed by atoms with E-state index in [1.807, 2.05) is 6.92 Å². The van der Waals surface area contributed by atoms with Crippen LogP contribution < -0.4 is 4.74 Å². The summed E-state index contributed by atoms with van der Waals surface area (Å²) in [5.74, 6) is -0.421. The molecule has 1 aromatic rings. The van der Waals surface area contributed by atoms with Crippen molar-refractivity contribution < 1.29 is 17.5 Å². The maximum atomic E-state index is 13.2. The van der Waals surface area contributed by atoms with Crippen LogP contribution in [0.2, 0.25) is 0 Å². The van der Waals surface area contributed by atoms with E-state index in [1.165, 1.54) is 12.1 Å². The fraction of sp³-hybridized carbons (Fsp3) is 0.455. The summed E-state index contributed by atoms with van der Waals surface area (Å²) in [6.07, 6.45) is 0.616. The van der Waals surface area contributed by atoms with Crippen LogP contribution in [0.5, 0.6) is 5.75 Å². The zero-order valence-corrected chi connectivity index (χ0v) is 12.9. The molecule has 102 valence electrons. The summed E-state index contributed by atoms with van der Waals surface area (Å²) >= 11 is 3.04. The number of halogens is 3. The zero-order valence-electron chi connectivity index (χ0n) is 9.70. The molecule has 0 aliphatic carbocycles. The van der Waals surface area contributed by atoms with Crippen LogP contribution in [0.1, 0.15) is 13.3 Å². The molecule has 0 amide bonds. The number of hydrogen-bond donors (Lipinski definition) is 0. The Balaban J connectivity index is 2.60. The van der Waals surface area contributed by atoms with E-state index in [1.54, 1.807) is 6.07 Å². The van der Waals surface area contributed by atoms with E-state index < -0.39 is 14.9 Å². The Kier molecular flexibility index (Phi) is 5.88. The normalized spacial score (nSPS) is 13.3. The first-order chi connectivity index (χ1) is 8.31. The van der Waals surface area contributed by atoms with Crippen molar-refractivity contribution in [1.82, 2.24) is 0 Å². The van der Waals surface area contributed by atoms with Gasteiger partial charge in [-0.1, -0.05) is 6.92 Å². The van der Waals surface area contributed by atoms with Crippen LogP contribution in [0.4, 0.5) is 4.39 Å². The lowest BCUT2D eigenvalue weighted by Gasteiger charge is -2.14. The molecular weight excluding hydrogens is 347 g/mol. The van der Waals surface area contributed by atoms with Crippen molar-refractivity contribution in [1.29, 1.82) is 0 Å². The average Bonchev–Trinajstić information content (AvgIpc) is 2.27. The zero-order chi connectivity index (χ0) is 13.8. The Hall–Kier alpha value is -0.330. The van der Waals surface area contributed by atoms with Crippen LogP contribution in [0.25, 0.3) is 0 Å². The topological polar surface area (TPSA) is 43.4 Å². The van der Waals surface area contributed by atoms with Gasteiger partial charge in [0.05, 0.1) is 16.8 Å². The second-order valence-corrected chi connectivity index (χ2v) is 7.54. The molecular formula is C11H13BrClFO3S. The first kappa shape index (κ1) is 15.7. The van der Waals surface area contributed by atoms with E-state index in [2.05, 4.69) is 15.9 Å². The number of hydrogen-bond acceptors (Lipinski definition) is 3. The van der Waals surface area contributed by atoms with Gasteiger partial charge >= 0.3 is 0 Å². The molecule has 0 spiro atoms. The third-order valence-corrected chi connectivity index (χ3v) is 4.28. The molecule has 1 unspecified atom stereocenters. The Morgan fingerprint density at radius 3 is 2.67 bits per heavy atom. The maximum absolute atomic E-state index is 13.2. The van der Waals surface area contributed by atoms with Crippen molar-refractivity contribution in [2.24, 2.45) is 5.92 Å². The standard InChI is InChI=1S/C11H13BrClFO3S/c1-2-8(7-18(13,15)16)6-17-9-3-4-10(12)11(14)5-9/h3-5,8H,2,6-7H2,1H3. The molecule has 0 aromatic heterocycles. The lowest BCUT2D eigenvalue weighted by Crippen LogP contribution is -2.19. The van der Waals surface area contributed by atoms with E-state index in [0.717, 1.165) is 0 Å². The molecule has 1 rings (SSSR count). The molecule has 0 bridgehead atoms. The second-order valence-electron chi connectivity index (χ2n) is 3.87. The average molecular weight is 360 g/mol. The molecule has 0 aliphatic heterocycles. The van der Waals surface area contributed by atoms with Crippen LogP contribution >= 0.6 is 26.6 Å². The quantitative estimate of drug-likeness (QED) is 0.729. The Bertz CT molecular complexity index is 507. The monoisotopic (exact) mass is 358 g/mol. The van der Waals surface area contributed by atoms with Crippen LogP contribution in [0.3, 0.4) is 0 Å². The van der Waals surface area contributed by atoms with Crippen molar-refractivity contribution in [2.75, 3.05) is 12.4 Å². The van der Waals surface area contributed by atoms with Gasteiger partial charge in [-0.05, 0) is 34.5 Å². The third-order valence-electron chi connectivity index (χ3n) is 2.39. The highest BCUT2D eigenvalue weighted by atomic mass is 79.9. The van der Waals surface area contributed by atoms with Crippen LogP contribution in [-0.4, -0.2) is 20.8 Å². The maximum Gasteiger partial charge on any atom is 0.232 e. The molecule has 18 heavy (non-hydrogen) atoms. The molecule has 0 heterocycles. The molecule has 7 heteroatoms. The smallest absolute Gasteiger partial charge is 0.232 e. The van der Waals surface area contributed by atoms with Gasteiger partial charge in [0.25, 0.3) is 0 Å². The molecule has 0 N–H and O–H groups in total. The van der Waals surface area contributed by atoms with Crippen molar-refractivity contribution in [3.05, 3.63) is 28.5 Å². The van der Waals surface area contributed by atoms with Gasteiger partial charge in [0.2, 0.25) is 9.05 Å². The SMILES string of the molecule is CCC(COc1ccc(Br)c(F)c1)CS(=O)(=O)Cl. The van der Waals surface area contributed by atoms with Crippen molar-refractivity contribution in [3.8, 4) is 5.75 Å². The van der Waals surface area contributed by atoms with E-state index in [4.69, 9.17) is 15.4 Å². The summed E-state index contributed by atoms with van der Waals surface area (Å²) in [5, 5.41) is 0. The van der Waals surface area contributed by atoms with Gasteiger partial charge in [-0.3, -0.25) is 0 Å². The molecule has 0 saturated heterocycles. The molecule has 0 saturated carbocycles. The minimum atomic E-state index is -3.54. The molecule has 1 atom stereocenters. The van der Waals surface area contributed by atoms with Crippen molar-refractivity contribution in [3.63, 3.8) is 0 Å². The third kappa shape index (κ3) is 5.54. The van der Waals surface area contributed by atoms with E-state index in [9.17, 15) is 12.8 Å². The minimum Gasteiger partial charge on any atom is -0.493 e. The first-order valence-electron chi connectivity index (χ1n) is 5.32. The first-order valence-corrected chi connectivity index (χ1v) is 8.59. The second kappa shape index (κ2) is 6.73. The molecule has 0 aliphatic rings. The van der Waals surface area contributed by atoms with Crippen molar-refractivity contribution >= 4 is 35.7 Å². The van der Waals surface area contributed by atoms with Gasteiger partial charge in [-0.15, -0.1) is 0 Å². The Morgan fingerprint density at radius 1 is 1.50 bits per heavy atom.